The lowest BCUT2D eigenvalue weighted by Gasteiger charge is -2.18. The van der Waals surface area contributed by atoms with E-state index in [0.29, 0.717) is 37.8 Å². The van der Waals surface area contributed by atoms with Crippen LogP contribution >= 0.6 is 31.9 Å². The van der Waals surface area contributed by atoms with Crippen LogP contribution in [0.2, 0.25) is 0 Å². The first-order valence-electron chi connectivity index (χ1n) is 13.3. The maximum atomic E-state index is 13.8. The van der Waals surface area contributed by atoms with Gasteiger partial charge in [-0.3, -0.25) is 4.79 Å². The molecule has 0 radical (unpaired) electrons. The molecule has 0 aliphatic rings. The van der Waals surface area contributed by atoms with Gasteiger partial charge in [-0.2, -0.15) is 9.78 Å². The number of aromatic nitrogens is 2. The molecule has 4 rings (SSSR count). The van der Waals surface area contributed by atoms with Crippen molar-refractivity contribution in [2.24, 2.45) is 5.10 Å². The number of carbonyl (C=O) groups is 1. The highest BCUT2D eigenvalue weighted by atomic mass is 79.9. The van der Waals surface area contributed by atoms with Gasteiger partial charge in [0, 0.05) is 15.6 Å². The molecule has 0 unspecified atom stereocenters. The molecule has 220 valence electrons. The van der Waals surface area contributed by atoms with Crippen LogP contribution in [-0.4, -0.2) is 46.8 Å². The molecule has 0 amide bonds. The molecule has 0 saturated heterocycles. The molecule has 1 heterocycles. The van der Waals surface area contributed by atoms with Crippen LogP contribution in [0.15, 0.2) is 61.3 Å². The lowest BCUT2D eigenvalue weighted by molar-refractivity contribution is -0.144. The summed E-state index contributed by atoms with van der Waals surface area (Å²) in [7, 11) is 1.45. The average molecular weight is 701 g/mol. The summed E-state index contributed by atoms with van der Waals surface area (Å²) in [5.74, 6) is 0.731. The number of carboxylic acid groups (broad SMARTS) is 1. The molecule has 0 saturated carbocycles. The molecule has 0 fully saturated rings. The quantitative estimate of drug-likeness (QED) is 0.175. The Bertz CT molecular complexity index is 1750. The van der Waals surface area contributed by atoms with E-state index in [1.54, 1.807) is 24.3 Å². The van der Waals surface area contributed by atoms with Gasteiger partial charge in [0.15, 0.2) is 23.4 Å². The molecule has 0 bridgehead atoms. The zero-order valence-electron chi connectivity index (χ0n) is 24.1. The molecule has 3 aromatic carbocycles. The molecule has 9 nitrogen and oxygen atoms in total. The monoisotopic (exact) mass is 699 g/mol. The Balaban J connectivity index is 1.93. The van der Waals surface area contributed by atoms with Crippen molar-refractivity contribution in [3.05, 3.63) is 78.5 Å². The Kier molecular flexibility index (Phi) is 9.73. The summed E-state index contributed by atoms with van der Waals surface area (Å²) in [6.07, 6.45) is 0.399. The molecule has 0 aliphatic heterocycles. The molecule has 4 aromatic rings. The van der Waals surface area contributed by atoms with E-state index in [-0.39, 0.29) is 23.0 Å². The number of fused-ring (bicyclic) bond motifs is 1. The first-order valence-corrected chi connectivity index (χ1v) is 14.9. The molecule has 11 heteroatoms. The summed E-state index contributed by atoms with van der Waals surface area (Å²) in [6.45, 7) is 10.0. The van der Waals surface area contributed by atoms with Gasteiger partial charge >= 0.3 is 5.97 Å². The Morgan fingerprint density at radius 3 is 2.48 bits per heavy atom. The third-order valence-electron chi connectivity index (χ3n) is 6.60. The Labute approximate surface area is 260 Å². The molecule has 0 aliphatic carbocycles. The van der Waals surface area contributed by atoms with Gasteiger partial charge < -0.3 is 19.3 Å². The van der Waals surface area contributed by atoms with Gasteiger partial charge in [0.05, 0.1) is 35.3 Å². The van der Waals surface area contributed by atoms with Gasteiger partial charge in [0.25, 0.3) is 5.56 Å². The van der Waals surface area contributed by atoms with Crippen molar-refractivity contribution in [3.63, 3.8) is 0 Å². The SMILES string of the molecule is CCOc1cc(C)c(-c2nc3ccccc3c(=O)n2N=Cc2cc(OC)c(O[C@H](C)C(=O)O)c(Br)c2Br)cc1C(C)C. The summed E-state index contributed by atoms with van der Waals surface area (Å²) in [4.78, 5) is 30.1. The lowest BCUT2D eigenvalue weighted by atomic mass is 9.96. The number of hydrogen-bond acceptors (Lipinski definition) is 7. The number of ether oxygens (including phenoxy) is 3. The molecule has 42 heavy (non-hydrogen) atoms. The van der Waals surface area contributed by atoms with E-state index >= 15 is 0 Å². The van der Waals surface area contributed by atoms with Crippen molar-refractivity contribution in [1.82, 2.24) is 9.66 Å². The van der Waals surface area contributed by atoms with Gasteiger partial charge in [-0.1, -0.05) is 26.0 Å². The second-order valence-corrected chi connectivity index (χ2v) is 11.4. The number of para-hydroxylation sites is 1. The van der Waals surface area contributed by atoms with E-state index in [1.165, 1.54) is 24.9 Å². The normalized spacial score (nSPS) is 12.2. The predicted molar refractivity (Wildman–Crippen MR) is 171 cm³/mol. The van der Waals surface area contributed by atoms with Crippen molar-refractivity contribution in [1.29, 1.82) is 0 Å². The number of benzene rings is 3. The number of aryl methyl sites for hydroxylation is 1. The smallest absolute Gasteiger partial charge is 0.344 e. The minimum Gasteiger partial charge on any atom is -0.494 e. The number of methoxy groups -OCH3 is 1. The first-order chi connectivity index (χ1) is 20.0. The molecular formula is C31H31Br2N3O6. The van der Waals surface area contributed by atoms with E-state index in [2.05, 4.69) is 50.8 Å². The molecular weight excluding hydrogens is 670 g/mol. The minimum absolute atomic E-state index is 0.167. The van der Waals surface area contributed by atoms with Crippen LogP contribution in [0.3, 0.4) is 0 Å². The Morgan fingerprint density at radius 1 is 1.12 bits per heavy atom. The molecule has 1 atom stereocenters. The van der Waals surface area contributed by atoms with Crippen LogP contribution in [0.5, 0.6) is 17.2 Å². The fourth-order valence-corrected chi connectivity index (χ4v) is 5.30. The first kappa shape index (κ1) is 31.2. The highest BCUT2D eigenvalue weighted by molar-refractivity contribution is 9.13. The van der Waals surface area contributed by atoms with Crippen LogP contribution in [-0.2, 0) is 4.79 Å². The second-order valence-electron chi connectivity index (χ2n) is 9.83. The van der Waals surface area contributed by atoms with Crippen LogP contribution < -0.4 is 19.8 Å². The van der Waals surface area contributed by atoms with Gasteiger partial charge in [0.1, 0.15) is 5.75 Å². The van der Waals surface area contributed by atoms with Crippen LogP contribution in [0.4, 0.5) is 0 Å². The van der Waals surface area contributed by atoms with E-state index in [4.69, 9.17) is 19.2 Å². The number of rotatable bonds is 10. The fourth-order valence-electron chi connectivity index (χ4n) is 4.38. The standard InChI is InChI=1S/C31H31Br2N3O6/c1-7-41-24-12-17(4)22(14-21(24)16(2)3)29-35-23-11-9-8-10-20(23)30(37)36(29)34-15-19-13-25(40-6)28(27(33)26(19)32)42-18(5)31(38)39/h8-16,18H,7H2,1-6H3,(H,38,39)/t18-/m1/s1. The summed E-state index contributed by atoms with van der Waals surface area (Å²) in [5.41, 5.74) is 3.41. The molecule has 1 aromatic heterocycles. The van der Waals surface area contributed by atoms with E-state index in [0.717, 1.165) is 22.4 Å². The van der Waals surface area contributed by atoms with Gasteiger partial charge in [-0.25, -0.2) is 9.78 Å². The summed E-state index contributed by atoms with van der Waals surface area (Å²) < 4.78 is 19.3. The summed E-state index contributed by atoms with van der Waals surface area (Å²) >= 11 is 7.01. The third-order valence-corrected chi connectivity index (χ3v) is 8.75. The number of aliphatic carboxylic acids is 1. The van der Waals surface area contributed by atoms with Gasteiger partial charge in [-0.05, 0) is 100 Å². The maximum Gasteiger partial charge on any atom is 0.344 e. The van der Waals surface area contributed by atoms with Gasteiger partial charge in [0.2, 0.25) is 0 Å². The Morgan fingerprint density at radius 2 is 1.83 bits per heavy atom. The van der Waals surface area contributed by atoms with E-state index in [9.17, 15) is 14.7 Å². The molecule has 1 N–H and O–H groups in total. The van der Waals surface area contributed by atoms with Crippen LogP contribution in [0.25, 0.3) is 22.3 Å². The zero-order valence-corrected chi connectivity index (χ0v) is 27.2. The average Bonchev–Trinajstić information content (AvgIpc) is 2.95. The highest BCUT2D eigenvalue weighted by Crippen LogP contribution is 2.43. The summed E-state index contributed by atoms with van der Waals surface area (Å²) in [5, 5.41) is 14.3. The summed E-state index contributed by atoms with van der Waals surface area (Å²) in [6, 6.07) is 12.8. The van der Waals surface area contributed by atoms with Crippen LogP contribution in [0, 0.1) is 6.92 Å². The van der Waals surface area contributed by atoms with Crippen molar-refractivity contribution in [2.75, 3.05) is 13.7 Å². The topological polar surface area (TPSA) is 112 Å². The second kappa shape index (κ2) is 13.1. The van der Waals surface area contributed by atoms with Crippen LogP contribution in [0.1, 0.15) is 50.3 Å². The van der Waals surface area contributed by atoms with Crippen molar-refractivity contribution in [2.45, 2.75) is 46.6 Å². The number of carboxylic acids is 1. The maximum absolute atomic E-state index is 13.8. The number of halogens is 2. The zero-order chi connectivity index (χ0) is 30.7. The van der Waals surface area contributed by atoms with Crippen molar-refractivity contribution < 1.29 is 24.1 Å². The van der Waals surface area contributed by atoms with Crippen molar-refractivity contribution in [3.8, 4) is 28.6 Å². The van der Waals surface area contributed by atoms with E-state index in [1.807, 2.05) is 32.0 Å². The third kappa shape index (κ3) is 6.22. The molecule has 0 spiro atoms. The number of nitrogens with zero attached hydrogens (tertiary/aromatic N) is 3. The lowest BCUT2D eigenvalue weighted by Crippen LogP contribution is -2.23. The van der Waals surface area contributed by atoms with Crippen molar-refractivity contribution >= 4 is 54.9 Å². The predicted octanol–water partition coefficient (Wildman–Crippen LogP) is 7.16. The minimum atomic E-state index is -1.12. The Hall–Kier alpha value is -3.70. The van der Waals surface area contributed by atoms with E-state index < -0.39 is 12.1 Å². The highest BCUT2D eigenvalue weighted by Gasteiger charge is 2.22. The fraction of sp³-hybridized carbons (Fsp3) is 0.290. The number of hydrogen-bond donors (Lipinski definition) is 1. The van der Waals surface area contributed by atoms with Gasteiger partial charge in [-0.15, -0.1) is 0 Å². The largest absolute Gasteiger partial charge is 0.494 e.